The van der Waals surface area contributed by atoms with Gasteiger partial charge in [-0.2, -0.15) is 0 Å². The summed E-state index contributed by atoms with van der Waals surface area (Å²) in [4.78, 5) is 70.1. The number of halogens is 2. The summed E-state index contributed by atoms with van der Waals surface area (Å²) in [5.74, 6) is 4.48. The number of carbonyl (C=O) groups excluding carboxylic acids is 5. The van der Waals surface area contributed by atoms with Gasteiger partial charge in [-0.1, -0.05) is 40.8 Å². The normalized spacial score (nSPS) is 23.1. The number of rotatable bonds is 9. The van der Waals surface area contributed by atoms with Crippen LogP contribution in [-0.4, -0.2) is 89.4 Å². The van der Waals surface area contributed by atoms with Crippen LogP contribution in [0, 0.1) is 23.7 Å². The minimum absolute atomic E-state index is 0.0111. The molecule has 0 spiro atoms. The minimum Gasteiger partial charge on any atom is -0.496 e. The van der Waals surface area contributed by atoms with Gasteiger partial charge in [0.25, 0.3) is 17.7 Å². The number of fused-ring (bicyclic) bond motifs is 2. The van der Waals surface area contributed by atoms with Crippen molar-refractivity contribution in [3.05, 3.63) is 62.8 Å². The first-order chi connectivity index (χ1) is 26.0. The second-order valence-corrected chi connectivity index (χ2v) is 14.9. The van der Waals surface area contributed by atoms with Crippen molar-refractivity contribution in [2.75, 3.05) is 26.8 Å². The fourth-order valence-corrected chi connectivity index (χ4v) is 8.44. The van der Waals surface area contributed by atoms with Gasteiger partial charge >= 0.3 is 0 Å². The van der Waals surface area contributed by atoms with E-state index < -0.39 is 41.9 Å². The fraction of sp³-hybridized carbons (Fsp3) is 0.436. The van der Waals surface area contributed by atoms with Crippen LogP contribution in [0.4, 0.5) is 4.39 Å². The highest BCUT2D eigenvalue weighted by atomic mass is 79.9. The smallest absolute Gasteiger partial charge is 0.255 e. The van der Waals surface area contributed by atoms with Gasteiger partial charge in [0.15, 0.2) is 6.17 Å². The molecule has 4 aliphatic heterocycles. The molecular formula is C39H40BrFN6O7. The van der Waals surface area contributed by atoms with Crippen molar-refractivity contribution in [1.82, 2.24) is 25.4 Å². The number of methoxy groups -OCH3 is 1. The molecule has 13 nitrogen and oxygen atoms in total. The first-order valence-electron chi connectivity index (χ1n) is 18.0. The summed E-state index contributed by atoms with van der Waals surface area (Å²) in [6, 6.07) is 5.83. The highest BCUT2D eigenvalue weighted by Crippen LogP contribution is 2.36. The molecule has 282 valence electrons. The topological polar surface area (TPSA) is 173 Å². The Balaban J connectivity index is 1.04. The van der Waals surface area contributed by atoms with Gasteiger partial charge in [0.1, 0.15) is 18.4 Å². The molecule has 1 unspecified atom stereocenters. The molecule has 54 heavy (non-hydrogen) atoms. The Bertz CT molecular complexity index is 2130. The number of imide groups is 1. The summed E-state index contributed by atoms with van der Waals surface area (Å²) in [6.45, 7) is 4.41. The lowest BCUT2D eigenvalue weighted by Crippen LogP contribution is -2.52. The number of hydrogen-bond donors (Lipinski definition) is 3. The van der Waals surface area contributed by atoms with Crippen molar-refractivity contribution >= 4 is 56.2 Å². The number of ether oxygens (including phenoxy) is 2. The second-order valence-electron chi connectivity index (χ2n) is 14.1. The molecule has 3 aromatic rings. The number of piperidine rings is 2. The summed E-state index contributed by atoms with van der Waals surface area (Å²) in [5, 5.41) is 6.15. The predicted molar refractivity (Wildman–Crippen MR) is 198 cm³/mol. The van der Waals surface area contributed by atoms with Crippen molar-refractivity contribution in [2.24, 2.45) is 17.6 Å². The van der Waals surface area contributed by atoms with Crippen molar-refractivity contribution in [2.45, 2.75) is 70.4 Å². The number of hydrogen-bond acceptors (Lipinski definition) is 9. The van der Waals surface area contributed by atoms with Gasteiger partial charge in [-0.15, -0.1) is 0 Å². The van der Waals surface area contributed by atoms with Crippen LogP contribution in [-0.2, 0) is 27.5 Å². The first kappa shape index (κ1) is 37.3. The summed E-state index contributed by atoms with van der Waals surface area (Å²) in [7, 11) is 1.43. The number of benzene rings is 2. The molecule has 0 saturated carbocycles. The molecule has 4 N–H and O–H groups in total. The molecular weight excluding hydrogens is 763 g/mol. The zero-order valence-electron chi connectivity index (χ0n) is 29.9. The number of primary amides is 1. The van der Waals surface area contributed by atoms with E-state index in [1.807, 2.05) is 19.1 Å². The van der Waals surface area contributed by atoms with Crippen LogP contribution < -0.4 is 25.8 Å². The number of nitrogens with two attached hydrogens (primary N) is 1. The van der Waals surface area contributed by atoms with E-state index in [-0.39, 0.29) is 48.0 Å². The quantitative estimate of drug-likeness (QED) is 0.217. The SMILES string of the molecule is CC[C@@H]1[C@H](F)C(=O)N[C@@H]1COc1ncc(C#CC2CCN(Cc3ccc4c(c3Br)CN(C3CCC(=O)NC3=O)C4=O)CC2)c2cc(C(N)=O)c(OC)cc12. The largest absolute Gasteiger partial charge is 0.496 e. The molecule has 7 rings (SSSR count). The number of carbonyl (C=O) groups is 5. The van der Waals surface area contributed by atoms with E-state index >= 15 is 0 Å². The zero-order chi connectivity index (χ0) is 38.3. The van der Waals surface area contributed by atoms with Crippen LogP contribution in [0.1, 0.15) is 76.4 Å². The number of pyridine rings is 1. The number of aromatic nitrogens is 1. The molecule has 4 aliphatic rings. The zero-order valence-corrected chi connectivity index (χ0v) is 31.5. The summed E-state index contributed by atoms with van der Waals surface area (Å²) < 4.78 is 26.8. The standard InChI is InChI=1S/C39H40BrFN6O7/c1-3-23-29(44-37(51)34(23)41)19-54-38-26-15-31(53-2)27(35(42)49)14-25(26)21(16-43-38)5-4-20-10-12-46(13-11-20)17-22-6-7-24-28(33(22)40)18-47(39(24)52)30-8-9-32(48)45-36(30)50/h6-7,14-16,20,23,29-30,34H,3,8-13,17-19H2,1-2H3,(H2,42,49)(H,44,51)(H,45,48,50)/t23-,29+,30?,34-/m0/s1. The van der Waals surface area contributed by atoms with Crippen molar-refractivity contribution < 1.29 is 37.8 Å². The number of amides is 5. The van der Waals surface area contributed by atoms with Crippen molar-refractivity contribution in [3.8, 4) is 23.5 Å². The molecule has 0 radical (unpaired) electrons. The van der Waals surface area contributed by atoms with Crippen LogP contribution in [0.2, 0.25) is 0 Å². The van der Waals surface area contributed by atoms with Gasteiger partial charge in [0, 0.05) is 58.4 Å². The maximum atomic E-state index is 14.4. The second kappa shape index (κ2) is 15.3. The third kappa shape index (κ3) is 7.12. The Morgan fingerprint density at radius 3 is 2.59 bits per heavy atom. The summed E-state index contributed by atoms with van der Waals surface area (Å²) in [5.41, 5.74) is 8.90. The summed E-state index contributed by atoms with van der Waals surface area (Å²) >= 11 is 3.74. The van der Waals surface area contributed by atoms with E-state index in [1.165, 1.54) is 7.11 Å². The Hall–Kier alpha value is -5.07. The van der Waals surface area contributed by atoms with E-state index in [9.17, 15) is 28.4 Å². The molecule has 5 heterocycles. The lowest BCUT2D eigenvalue weighted by molar-refractivity contribution is -0.137. The highest BCUT2D eigenvalue weighted by Gasteiger charge is 2.42. The average Bonchev–Trinajstić information content (AvgIpc) is 3.64. The van der Waals surface area contributed by atoms with Gasteiger partial charge in [-0.25, -0.2) is 9.37 Å². The monoisotopic (exact) mass is 802 g/mol. The molecule has 0 bridgehead atoms. The van der Waals surface area contributed by atoms with E-state index in [4.69, 9.17) is 15.2 Å². The molecule has 15 heteroatoms. The Morgan fingerprint density at radius 2 is 1.89 bits per heavy atom. The molecule has 0 aliphatic carbocycles. The lowest BCUT2D eigenvalue weighted by atomic mass is 9.95. The van der Waals surface area contributed by atoms with Crippen LogP contribution in [0.5, 0.6) is 11.6 Å². The Kier molecular flexibility index (Phi) is 10.6. The minimum atomic E-state index is -1.59. The molecule has 1 aromatic heterocycles. The van der Waals surface area contributed by atoms with Crippen LogP contribution in [0.3, 0.4) is 0 Å². The third-order valence-electron chi connectivity index (χ3n) is 10.9. The molecule has 2 aromatic carbocycles. The lowest BCUT2D eigenvalue weighted by Gasteiger charge is -2.30. The van der Waals surface area contributed by atoms with Crippen LogP contribution >= 0.6 is 15.9 Å². The Morgan fingerprint density at radius 1 is 1.11 bits per heavy atom. The summed E-state index contributed by atoms with van der Waals surface area (Å²) in [6.07, 6.45) is 2.62. The molecule has 5 amide bonds. The number of likely N-dealkylation sites (tertiary alicyclic amines) is 1. The molecule has 4 atom stereocenters. The maximum absolute atomic E-state index is 14.4. The van der Waals surface area contributed by atoms with Gasteiger partial charge in [0.05, 0.1) is 24.3 Å². The van der Waals surface area contributed by atoms with Gasteiger partial charge < -0.3 is 25.4 Å². The van der Waals surface area contributed by atoms with Crippen LogP contribution in [0.15, 0.2) is 34.9 Å². The number of nitrogens with one attached hydrogen (secondary N) is 2. The van der Waals surface area contributed by atoms with E-state index in [2.05, 4.69) is 48.3 Å². The van der Waals surface area contributed by atoms with Crippen LogP contribution in [0.25, 0.3) is 10.8 Å². The van der Waals surface area contributed by atoms with E-state index in [0.717, 1.165) is 41.5 Å². The third-order valence-corrected chi connectivity index (χ3v) is 11.9. The predicted octanol–water partition coefficient (Wildman–Crippen LogP) is 3.37. The van der Waals surface area contributed by atoms with Crippen molar-refractivity contribution in [1.29, 1.82) is 0 Å². The van der Waals surface area contributed by atoms with Gasteiger partial charge in [0.2, 0.25) is 17.7 Å². The molecule has 3 fully saturated rings. The van der Waals surface area contributed by atoms with Gasteiger partial charge in [-0.05, 0) is 68.1 Å². The molecule has 3 saturated heterocycles. The van der Waals surface area contributed by atoms with Crippen molar-refractivity contribution in [3.63, 3.8) is 0 Å². The average molecular weight is 804 g/mol. The Labute approximate surface area is 319 Å². The van der Waals surface area contributed by atoms with E-state index in [0.29, 0.717) is 47.8 Å². The van der Waals surface area contributed by atoms with E-state index in [1.54, 1.807) is 23.2 Å². The highest BCUT2D eigenvalue weighted by molar-refractivity contribution is 9.10. The number of alkyl halides is 1. The number of nitrogens with zero attached hydrogens (tertiary/aromatic N) is 3. The maximum Gasteiger partial charge on any atom is 0.255 e. The fourth-order valence-electron chi connectivity index (χ4n) is 7.84. The van der Waals surface area contributed by atoms with Gasteiger partial charge in [-0.3, -0.25) is 34.2 Å². The first-order valence-corrected chi connectivity index (χ1v) is 18.8.